The Morgan fingerprint density at radius 2 is 1.91 bits per heavy atom. The van der Waals surface area contributed by atoms with Crippen LogP contribution in [0.5, 0.6) is 0 Å². The fourth-order valence-electron chi connectivity index (χ4n) is 2.42. The minimum absolute atomic E-state index is 0.0259. The molecule has 0 bridgehead atoms. The largest absolute Gasteiger partial charge is 0.433 e. The lowest BCUT2D eigenvalue weighted by molar-refractivity contribution is -0.141. The minimum atomic E-state index is -4.58. The smallest absolute Gasteiger partial charge is 0.348 e. The summed E-state index contributed by atoms with van der Waals surface area (Å²) in [5.41, 5.74) is -0.491. The van der Waals surface area contributed by atoms with Crippen molar-refractivity contribution in [2.45, 2.75) is 36.8 Å². The highest BCUT2D eigenvalue weighted by atomic mass is 32.2. The number of anilines is 1. The molecule has 6 nitrogen and oxygen atoms in total. The molecule has 0 unspecified atom stereocenters. The van der Waals surface area contributed by atoms with Gasteiger partial charge in [0.25, 0.3) is 0 Å². The van der Waals surface area contributed by atoms with E-state index in [1.54, 1.807) is 0 Å². The molecule has 2 rings (SSSR count). The summed E-state index contributed by atoms with van der Waals surface area (Å²) in [5.74, 6) is -1.35. The number of thioether (sulfide) groups is 1. The van der Waals surface area contributed by atoms with Gasteiger partial charge < -0.3 is 5.32 Å². The van der Waals surface area contributed by atoms with Gasteiger partial charge in [0.2, 0.25) is 15.9 Å². The SMILES string of the molecule is CC(C)Sc1nc(C(F)(F)F)ccc1/C=C/C(=O)NCc1ccc(NS(C)(=O)=O)c(F)c1. The van der Waals surface area contributed by atoms with Gasteiger partial charge in [-0.05, 0) is 29.8 Å². The third kappa shape index (κ3) is 8.15. The van der Waals surface area contributed by atoms with E-state index in [-0.39, 0.29) is 22.5 Å². The van der Waals surface area contributed by atoms with Crippen LogP contribution in [0.3, 0.4) is 0 Å². The number of hydrogen-bond acceptors (Lipinski definition) is 5. The number of benzene rings is 1. The van der Waals surface area contributed by atoms with Crippen LogP contribution in [0.1, 0.15) is 30.7 Å². The summed E-state index contributed by atoms with van der Waals surface area (Å²) in [5, 5.41) is 2.64. The maximum absolute atomic E-state index is 14.0. The topological polar surface area (TPSA) is 88.2 Å². The Morgan fingerprint density at radius 1 is 1.22 bits per heavy atom. The second-order valence-corrected chi connectivity index (χ2v) is 10.3. The highest BCUT2D eigenvalue weighted by molar-refractivity contribution is 7.99. The monoisotopic (exact) mass is 491 g/mol. The average molecular weight is 492 g/mol. The molecule has 32 heavy (non-hydrogen) atoms. The number of carbonyl (C=O) groups is 1. The molecule has 1 aromatic carbocycles. The number of hydrogen-bond donors (Lipinski definition) is 2. The first-order valence-electron chi connectivity index (χ1n) is 9.21. The van der Waals surface area contributed by atoms with E-state index in [9.17, 15) is 30.8 Å². The quantitative estimate of drug-likeness (QED) is 0.324. The zero-order valence-corrected chi connectivity index (χ0v) is 19.0. The molecule has 0 aliphatic rings. The number of nitrogens with zero attached hydrogens (tertiary/aromatic N) is 1. The molecule has 0 atom stereocenters. The molecule has 2 aromatic rings. The summed E-state index contributed by atoms with van der Waals surface area (Å²) in [4.78, 5) is 15.8. The number of pyridine rings is 1. The van der Waals surface area contributed by atoms with Crippen molar-refractivity contribution in [3.05, 3.63) is 59.0 Å². The Kier molecular flexibility index (Phi) is 8.29. The molecule has 0 saturated carbocycles. The zero-order valence-electron chi connectivity index (χ0n) is 17.3. The predicted octanol–water partition coefficient (Wildman–Crippen LogP) is 4.44. The standard InChI is InChI=1S/C20H21F4N3O3S2/c1-12(2)31-19-14(5-8-17(26-19)20(22,23)24)6-9-18(28)25-11-13-4-7-16(15(21)10-13)27-32(3,29)30/h4-10,12,27H,11H2,1-3H3,(H,25,28)/b9-6+. The Morgan fingerprint density at radius 3 is 2.47 bits per heavy atom. The molecule has 0 radical (unpaired) electrons. The van der Waals surface area contributed by atoms with E-state index in [0.717, 1.165) is 36.2 Å². The molecule has 0 aliphatic heterocycles. The van der Waals surface area contributed by atoms with Crippen molar-refractivity contribution in [2.24, 2.45) is 0 Å². The van der Waals surface area contributed by atoms with Crippen molar-refractivity contribution in [3.8, 4) is 0 Å². The van der Waals surface area contributed by atoms with Gasteiger partial charge in [-0.15, -0.1) is 11.8 Å². The van der Waals surface area contributed by atoms with E-state index in [2.05, 4.69) is 10.3 Å². The lowest BCUT2D eigenvalue weighted by Crippen LogP contribution is -2.20. The molecule has 0 fully saturated rings. The molecule has 12 heteroatoms. The number of aromatic nitrogens is 1. The lowest BCUT2D eigenvalue weighted by atomic mass is 10.2. The molecule has 1 heterocycles. The first-order chi connectivity index (χ1) is 14.7. The van der Waals surface area contributed by atoms with Gasteiger partial charge >= 0.3 is 6.18 Å². The number of carbonyl (C=O) groups excluding carboxylic acids is 1. The summed E-state index contributed by atoms with van der Waals surface area (Å²) < 4.78 is 77.2. The molecule has 0 aliphatic carbocycles. The van der Waals surface area contributed by atoms with E-state index in [4.69, 9.17) is 0 Å². The van der Waals surface area contributed by atoms with Crippen LogP contribution in [0.25, 0.3) is 6.08 Å². The maximum Gasteiger partial charge on any atom is 0.433 e. The summed E-state index contributed by atoms with van der Waals surface area (Å²) in [7, 11) is -3.63. The Bertz CT molecular complexity index is 1120. The van der Waals surface area contributed by atoms with Crippen LogP contribution >= 0.6 is 11.8 Å². The van der Waals surface area contributed by atoms with Crippen LogP contribution in [0.2, 0.25) is 0 Å². The van der Waals surface area contributed by atoms with Gasteiger partial charge in [0.1, 0.15) is 16.5 Å². The number of halogens is 4. The maximum atomic E-state index is 14.0. The van der Waals surface area contributed by atoms with Crippen molar-refractivity contribution < 1.29 is 30.8 Å². The number of alkyl halides is 3. The third-order valence-electron chi connectivity index (χ3n) is 3.74. The van der Waals surface area contributed by atoms with Crippen LogP contribution < -0.4 is 10.0 Å². The molecular weight excluding hydrogens is 470 g/mol. The fraction of sp³-hybridized carbons (Fsp3) is 0.300. The molecular formula is C20H21F4N3O3S2. The highest BCUT2D eigenvalue weighted by Crippen LogP contribution is 2.32. The van der Waals surface area contributed by atoms with Gasteiger partial charge in [-0.2, -0.15) is 13.2 Å². The molecule has 1 amide bonds. The Labute approximate surface area is 187 Å². The second kappa shape index (κ2) is 10.3. The van der Waals surface area contributed by atoms with Gasteiger partial charge in [0.15, 0.2) is 0 Å². The van der Waals surface area contributed by atoms with Crippen molar-refractivity contribution in [2.75, 3.05) is 11.0 Å². The number of sulfonamides is 1. The molecule has 2 N–H and O–H groups in total. The van der Waals surface area contributed by atoms with E-state index in [1.165, 1.54) is 24.3 Å². The number of nitrogens with one attached hydrogen (secondary N) is 2. The molecule has 1 aromatic heterocycles. The first-order valence-corrected chi connectivity index (χ1v) is 12.0. The number of rotatable bonds is 8. The van der Waals surface area contributed by atoms with Gasteiger partial charge in [0, 0.05) is 23.4 Å². The van der Waals surface area contributed by atoms with E-state index >= 15 is 0 Å². The summed E-state index contributed by atoms with van der Waals surface area (Å²) >= 11 is 1.14. The van der Waals surface area contributed by atoms with Crippen molar-refractivity contribution in [3.63, 3.8) is 0 Å². The van der Waals surface area contributed by atoms with Crippen molar-refractivity contribution >= 4 is 39.5 Å². The van der Waals surface area contributed by atoms with E-state index in [1.807, 2.05) is 18.6 Å². The van der Waals surface area contributed by atoms with Crippen LogP contribution in [-0.4, -0.2) is 30.8 Å². The van der Waals surface area contributed by atoms with Crippen LogP contribution in [0.4, 0.5) is 23.2 Å². The van der Waals surface area contributed by atoms with Crippen LogP contribution in [0.15, 0.2) is 41.4 Å². The zero-order chi connectivity index (χ0) is 24.1. The second-order valence-electron chi connectivity index (χ2n) is 6.99. The predicted molar refractivity (Wildman–Crippen MR) is 116 cm³/mol. The van der Waals surface area contributed by atoms with Gasteiger partial charge in [-0.1, -0.05) is 26.0 Å². The summed E-state index contributed by atoms with van der Waals surface area (Å²) in [6, 6.07) is 5.84. The summed E-state index contributed by atoms with van der Waals surface area (Å²) in [6.07, 6.45) is -1.19. The minimum Gasteiger partial charge on any atom is -0.348 e. The lowest BCUT2D eigenvalue weighted by Gasteiger charge is -2.12. The van der Waals surface area contributed by atoms with Crippen LogP contribution in [-0.2, 0) is 27.5 Å². The Balaban J connectivity index is 2.08. The van der Waals surface area contributed by atoms with Gasteiger partial charge in [-0.3, -0.25) is 9.52 Å². The van der Waals surface area contributed by atoms with Crippen molar-refractivity contribution in [1.82, 2.24) is 10.3 Å². The summed E-state index contributed by atoms with van der Waals surface area (Å²) in [6.45, 7) is 3.57. The highest BCUT2D eigenvalue weighted by Gasteiger charge is 2.33. The van der Waals surface area contributed by atoms with E-state index < -0.39 is 33.6 Å². The van der Waals surface area contributed by atoms with E-state index in [0.29, 0.717) is 11.1 Å². The van der Waals surface area contributed by atoms with Gasteiger partial charge in [0.05, 0.1) is 11.9 Å². The fourth-order valence-corrected chi connectivity index (χ4v) is 3.85. The van der Waals surface area contributed by atoms with Crippen molar-refractivity contribution in [1.29, 1.82) is 0 Å². The van der Waals surface area contributed by atoms with Gasteiger partial charge in [-0.25, -0.2) is 17.8 Å². The first kappa shape index (κ1) is 25.7. The normalized spacial score (nSPS) is 12.4. The Hall–Kier alpha value is -2.60. The number of amides is 1. The third-order valence-corrected chi connectivity index (χ3v) is 5.35. The molecule has 174 valence electrons. The molecule has 0 saturated heterocycles. The van der Waals surface area contributed by atoms with Crippen LogP contribution in [0, 0.1) is 5.82 Å². The average Bonchev–Trinajstić information content (AvgIpc) is 2.65. The molecule has 0 spiro atoms.